The summed E-state index contributed by atoms with van der Waals surface area (Å²) < 4.78 is 123. The van der Waals surface area contributed by atoms with E-state index in [1.165, 1.54) is 0 Å². The summed E-state index contributed by atoms with van der Waals surface area (Å²) in [7, 11) is -21.9. The van der Waals surface area contributed by atoms with Gasteiger partial charge >= 0.3 is 85.5 Å². The van der Waals surface area contributed by atoms with Crippen LogP contribution in [-0.2, 0) is 19.5 Å². The van der Waals surface area contributed by atoms with Crippen LogP contribution < -0.4 is 0 Å². The molecule has 7 nitrogen and oxygen atoms in total. The van der Waals surface area contributed by atoms with Gasteiger partial charge in [0.1, 0.15) is 14.4 Å². The number of hydrogen-bond acceptors (Lipinski definition) is 6. The van der Waals surface area contributed by atoms with Crippen LogP contribution in [0.5, 0.6) is 0 Å². The second kappa shape index (κ2) is 22.1. The zero-order valence-electron chi connectivity index (χ0n) is 34.3. The molecule has 0 N–H and O–H groups in total. The normalized spacial score (nSPS) is 13.7. The summed E-state index contributed by atoms with van der Waals surface area (Å²) in [5.74, 6) is 0. The molecule has 0 unspecified atom stereocenters. The second-order valence-corrected chi connectivity index (χ2v) is 21.0. The van der Waals surface area contributed by atoms with Crippen LogP contribution in [0.25, 0.3) is 34.2 Å². The molecule has 5 rings (SSSR count). The summed E-state index contributed by atoms with van der Waals surface area (Å²) in [5.41, 5.74) is 6.71. The first-order valence-corrected chi connectivity index (χ1v) is 23.7. The first kappa shape index (κ1) is 57.3. The van der Waals surface area contributed by atoms with Gasteiger partial charge in [-0.25, -0.2) is 4.98 Å². The molecule has 5 aromatic heterocycles. The van der Waals surface area contributed by atoms with Crippen LogP contribution in [0.2, 0.25) is 0 Å². The Labute approximate surface area is 362 Å². The standard InChI is InChI=1S/C15H11N3.C13H29N2P.C10H8N2.2F6P.Ru/c1-3-10-16-12(6-1)14-8-5-9-15(18-14)13-7-2-4-11-17-13;1-10(2)15(11(3)4)9-14-16(12(5)6)13(7)8;1-3-7-11-9(5-1)10-6-2-4-8-12-10;2*1-7(2,3,4,5)6;/h1-11H;9-13H,1-8H3;1-8H;;;/q;;;2*-1;+2/p+1/b;14-9+;;;;. The smallest absolute Gasteiger partial charge is 0.255 e. The number of nitrogens with zero attached hydrogens (tertiary/aromatic N) is 7. The van der Waals surface area contributed by atoms with E-state index in [0.29, 0.717) is 23.4 Å². The van der Waals surface area contributed by atoms with Crippen molar-refractivity contribution in [3.05, 3.63) is 116 Å². The molecule has 23 heteroatoms. The van der Waals surface area contributed by atoms with Crippen molar-refractivity contribution in [3.63, 3.8) is 0 Å². The molecule has 0 aromatic carbocycles. The van der Waals surface area contributed by atoms with E-state index in [-0.39, 0.29) is 19.5 Å². The van der Waals surface area contributed by atoms with Gasteiger partial charge < -0.3 is 4.90 Å². The van der Waals surface area contributed by atoms with Gasteiger partial charge in [0.15, 0.2) is 0 Å². The van der Waals surface area contributed by atoms with Crippen LogP contribution in [0.3, 0.4) is 0 Å². The average molecular weight is 1030 g/mol. The predicted octanol–water partition coefficient (Wildman–Crippen LogP) is 16.2. The largest absolute Gasteiger partial charge is 2.00 e. The van der Waals surface area contributed by atoms with Crippen LogP contribution in [-0.4, -0.2) is 59.6 Å². The Bertz CT molecular complexity index is 1840. The Morgan fingerprint density at radius 1 is 0.443 bits per heavy atom. The van der Waals surface area contributed by atoms with Crippen LogP contribution >= 0.6 is 23.7 Å². The van der Waals surface area contributed by atoms with Crippen LogP contribution in [0.4, 0.5) is 50.4 Å². The van der Waals surface area contributed by atoms with Crippen LogP contribution in [0.15, 0.2) is 121 Å². The van der Waals surface area contributed by atoms with Crippen molar-refractivity contribution >= 4 is 30.0 Å². The fraction of sp³-hybridized carbons (Fsp3) is 0.316. The van der Waals surface area contributed by atoms with Crippen LogP contribution in [0.1, 0.15) is 55.4 Å². The van der Waals surface area contributed by atoms with E-state index in [2.05, 4.69) is 91.5 Å². The Morgan fingerprint density at radius 3 is 0.902 bits per heavy atom. The van der Waals surface area contributed by atoms with Crippen molar-refractivity contribution in [2.24, 2.45) is 4.76 Å². The number of pyridine rings is 5. The van der Waals surface area contributed by atoms with Gasteiger partial charge in [-0.3, -0.25) is 19.9 Å². The molecule has 0 aliphatic heterocycles. The first-order chi connectivity index (χ1) is 27.1. The quantitative estimate of drug-likeness (QED) is 0.0481. The average Bonchev–Trinajstić information content (AvgIpc) is 3.12. The zero-order valence-corrected chi connectivity index (χ0v) is 38.8. The summed E-state index contributed by atoms with van der Waals surface area (Å²) in [6.45, 7) is 18.1. The van der Waals surface area contributed by atoms with Crippen LogP contribution in [0, 0.1) is 0 Å². The fourth-order valence-electron chi connectivity index (χ4n) is 4.74. The summed E-state index contributed by atoms with van der Waals surface area (Å²) in [6.07, 6.45) is 9.17. The molecule has 0 fully saturated rings. The molecule has 5 aromatic rings. The third-order valence-electron chi connectivity index (χ3n) is 6.91. The first-order valence-electron chi connectivity index (χ1n) is 18.0. The maximum Gasteiger partial charge on any atom is 2.00 e. The third-order valence-corrected chi connectivity index (χ3v) is 9.69. The number of hydrogen-bond donors (Lipinski definition) is 0. The zero-order chi connectivity index (χ0) is 46.1. The van der Waals surface area contributed by atoms with Crippen molar-refractivity contribution in [1.29, 1.82) is 0 Å². The minimum Gasteiger partial charge on any atom is -0.255 e. The van der Waals surface area contributed by atoms with Gasteiger partial charge in [0.05, 0.1) is 45.5 Å². The number of halogens is 12. The van der Waals surface area contributed by atoms with E-state index in [4.69, 9.17) is 4.76 Å². The molecular formula is C38H49F12N7P3Ru+. The van der Waals surface area contributed by atoms with E-state index >= 15 is 0 Å². The maximum atomic E-state index is 9.87. The van der Waals surface area contributed by atoms with Gasteiger partial charge in [-0.1, -0.05) is 30.3 Å². The topological polar surface area (TPSA) is 80.0 Å². The van der Waals surface area contributed by atoms with Gasteiger partial charge in [0.2, 0.25) is 0 Å². The molecule has 342 valence electrons. The molecular weight excluding hydrogens is 976 g/mol. The molecule has 0 aliphatic carbocycles. The maximum absolute atomic E-state index is 10.7. The number of rotatable bonds is 9. The van der Waals surface area contributed by atoms with E-state index in [1.807, 2.05) is 91.0 Å². The van der Waals surface area contributed by atoms with Gasteiger partial charge in [-0.15, -0.1) is 4.76 Å². The van der Waals surface area contributed by atoms with E-state index in [0.717, 1.165) is 34.2 Å². The van der Waals surface area contributed by atoms with E-state index in [9.17, 15) is 50.4 Å². The molecule has 0 bridgehead atoms. The van der Waals surface area contributed by atoms with Gasteiger partial charge in [-0.05, 0) is 116 Å². The predicted molar refractivity (Wildman–Crippen MR) is 224 cm³/mol. The van der Waals surface area contributed by atoms with Gasteiger partial charge in [0, 0.05) is 36.9 Å². The molecule has 0 amide bonds. The van der Waals surface area contributed by atoms with E-state index < -0.39 is 23.7 Å². The molecule has 0 aliphatic rings. The Hall–Kier alpha value is -3.71. The minimum atomic E-state index is -10.7. The van der Waals surface area contributed by atoms with Gasteiger partial charge in [-0.2, -0.15) is 0 Å². The summed E-state index contributed by atoms with van der Waals surface area (Å²) >= 11 is 0. The molecule has 0 spiro atoms. The SMILES string of the molecule is CC(C)N(/C=N/[PH+](C(C)C)C(C)C)C(C)C.F[P-](F)(F)(F)(F)F.F[P-](F)(F)(F)(F)F.[Ru+2].c1ccc(-c2cccc(-c3ccccn3)n2)nc1.c1ccc(-c2ccccn2)nc1. The monoisotopic (exact) mass is 1030 g/mol. The van der Waals surface area contributed by atoms with Crippen molar-refractivity contribution in [1.82, 2.24) is 29.8 Å². The van der Waals surface area contributed by atoms with Crippen molar-refractivity contribution in [3.8, 4) is 34.2 Å². The summed E-state index contributed by atoms with van der Waals surface area (Å²) in [6, 6.07) is 30.1. The minimum absolute atomic E-state index is 0. The molecule has 0 atom stereocenters. The van der Waals surface area contributed by atoms with Crippen molar-refractivity contribution < 1.29 is 69.8 Å². The van der Waals surface area contributed by atoms with Gasteiger partial charge in [0.25, 0.3) is 0 Å². The molecule has 0 saturated heterocycles. The Balaban J connectivity index is 0.000000772. The summed E-state index contributed by atoms with van der Waals surface area (Å²) in [5, 5.41) is 0. The second-order valence-electron chi connectivity index (χ2n) is 13.8. The summed E-state index contributed by atoms with van der Waals surface area (Å²) in [4.78, 5) is 23.9. The van der Waals surface area contributed by atoms with Crippen molar-refractivity contribution in [2.45, 2.75) is 78.8 Å². The van der Waals surface area contributed by atoms with Crippen molar-refractivity contribution in [2.75, 3.05) is 0 Å². The molecule has 5 heterocycles. The number of aromatic nitrogens is 5. The Kier molecular flexibility index (Phi) is 20.7. The van der Waals surface area contributed by atoms with E-state index in [1.54, 1.807) is 24.8 Å². The third kappa shape index (κ3) is 32.6. The Morgan fingerprint density at radius 2 is 0.689 bits per heavy atom. The molecule has 0 radical (unpaired) electrons. The molecule has 61 heavy (non-hydrogen) atoms. The molecule has 0 saturated carbocycles. The fourth-order valence-corrected chi connectivity index (χ4v) is 6.93.